The number of carbonyl (C=O) groups is 1. The number of carbonyl (C=O) groups excluding carboxylic acids is 1. The zero-order chi connectivity index (χ0) is 23.7. The molecule has 0 radical (unpaired) electrons. The van der Waals surface area contributed by atoms with E-state index in [1.807, 2.05) is 35.2 Å². The van der Waals surface area contributed by atoms with E-state index in [-0.39, 0.29) is 11.8 Å². The van der Waals surface area contributed by atoms with Gasteiger partial charge in [-0.25, -0.2) is 4.98 Å². The van der Waals surface area contributed by atoms with Crippen molar-refractivity contribution >= 4 is 22.6 Å². The molecule has 1 saturated heterocycles. The van der Waals surface area contributed by atoms with Gasteiger partial charge in [-0.3, -0.25) is 4.79 Å². The fourth-order valence-electron chi connectivity index (χ4n) is 4.83. The van der Waals surface area contributed by atoms with E-state index in [2.05, 4.69) is 61.7 Å². The second-order valence-electron chi connectivity index (χ2n) is 9.25. The van der Waals surface area contributed by atoms with Crippen LogP contribution in [0.15, 0.2) is 66.7 Å². The number of para-hydroxylation sites is 2. The van der Waals surface area contributed by atoms with Gasteiger partial charge < -0.3 is 14.2 Å². The Morgan fingerprint density at radius 3 is 2.59 bits per heavy atom. The van der Waals surface area contributed by atoms with Crippen LogP contribution in [-0.2, 0) is 11.3 Å². The number of aryl methyl sites for hydroxylation is 3. The number of ether oxygens (including phenoxy) is 1. The summed E-state index contributed by atoms with van der Waals surface area (Å²) >= 11 is 0. The summed E-state index contributed by atoms with van der Waals surface area (Å²) in [5.41, 5.74) is 6.71. The van der Waals surface area contributed by atoms with Crippen molar-refractivity contribution in [2.75, 3.05) is 18.1 Å². The molecular formula is C29H31N3O2. The zero-order valence-electron chi connectivity index (χ0n) is 20.1. The Bertz CT molecular complexity index is 1320. The molecule has 0 N–H and O–H groups in total. The summed E-state index contributed by atoms with van der Waals surface area (Å²) < 4.78 is 8.25. The van der Waals surface area contributed by atoms with Crippen molar-refractivity contribution in [1.29, 1.82) is 0 Å². The average Bonchev–Trinajstić information content (AvgIpc) is 3.40. The largest absolute Gasteiger partial charge is 0.494 e. The molecule has 4 aromatic rings. The summed E-state index contributed by atoms with van der Waals surface area (Å²) in [5.74, 6) is 2.13. The molecule has 5 nitrogen and oxygen atoms in total. The van der Waals surface area contributed by atoms with E-state index in [4.69, 9.17) is 9.72 Å². The Labute approximate surface area is 201 Å². The maximum absolute atomic E-state index is 13.1. The first kappa shape index (κ1) is 22.2. The number of imidazole rings is 1. The first-order valence-corrected chi connectivity index (χ1v) is 12.0. The van der Waals surface area contributed by atoms with Crippen LogP contribution in [0.25, 0.3) is 11.0 Å². The van der Waals surface area contributed by atoms with Crippen molar-refractivity contribution in [3.05, 3.63) is 89.2 Å². The van der Waals surface area contributed by atoms with Crippen LogP contribution in [0.2, 0.25) is 0 Å². The molecule has 5 rings (SSSR count). The van der Waals surface area contributed by atoms with Crippen molar-refractivity contribution in [1.82, 2.24) is 9.55 Å². The lowest BCUT2D eigenvalue weighted by Crippen LogP contribution is -2.25. The minimum Gasteiger partial charge on any atom is -0.494 e. The zero-order valence-corrected chi connectivity index (χ0v) is 20.1. The third kappa shape index (κ3) is 4.30. The quantitative estimate of drug-likeness (QED) is 0.325. The van der Waals surface area contributed by atoms with E-state index in [1.54, 1.807) is 0 Å². The summed E-state index contributed by atoms with van der Waals surface area (Å²) in [7, 11) is 0. The molecule has 5 heteroatoms. The molecule has 34 heavy (non-hydrogen) atoms. The SMILES string of the molecule is Cc1ccc(OCCCn2c(C3CC(=O)N(c4cccc(C)c4C)C3)nc3ccccc32)cc1. The van der Waals surface area contributed by atoms with Gasteiger partial charge in [0.25, 0.3) is 0 Å². The summed E-state index contributed by atoms with van der Waals surface area (Å²) in [6.07, 6.45) is 1.35. The highest BCUT2D eigenvalue weighted by Gasteiger charge is 2.35. The third-order valence-electron chi connectivity index (χ3n) is 6.86. The van der Waals surface area contributed by atoms with Gasteiger partial charge in [-0.1, -0.05) is 42.0 Å². The molecule has 0 bridgehead atoms. The van der Waals surface area contributed by atoms with Gasteiger partial charge in [0, 0.05) is 31.1 Å². The topological polar surface area (TPSA) is 47.4 Å². The van der Waals surface area contributed by atoms with Crippen LogP contribution in [0.4, 0.5) is 5.69 Å². The monoisotopic (exact) mass is 453 g/mol. The lowest BCUT2D eigenvalue weighted by atomic mass is 10.1. The Morgan fingerprint density at radius 2 is 1.76 bits per heavy atom. The summed E-state index contributed by atoms with van der Waals surface area (Å²) in [6.45, 7) is 8.35. The Kier molecular flexibility index (Phi) is 6.10. The summed E-state index contributed by atoms with van der Waals surface area (Å²) in [5, 5.41) is 0. The fourth-order valence-corrected chi connectivity index (χ4v) is 4.83. The fraction of sp³-hybridized carbons (Fsp3) is 0.310. The maximum Gasteiger partial charge on any atom is 0.227 e. The smallest absolute Gasteiger partial charge is 0.227 e. The van der Waals surface area contributed by atoms with Gasteiger partial charge in [-0.2, -0.15) is 0 Å². The molecular weight excluding hydrogens is 422 g/mol. The van der Waals surface area contributed by atoms with E-state index >= 15 is 0 Å². The molecule has 1 atom stereocenters. The van der Waals surface area contributed by atoms with Crippen LogP contribution in [-0.4, -0.2) is 28.6 Å². The van der Waals surface area contributed by atoms with Crippen LogP contribution < -0.4 is 9.64 Å². The predicted octanol–water partition coefficient (Wildman–Crippen LogP) is 5.95. The summed E-state index contributed by atoms with van der Waals surface area (Å²) in [6, 6.07) is 22.6. The van der Waals surface area contributed by atoms with Crippen molar-refractivity contribution in [3.63, 3.8) is 0 Å². The van der Waals surface area contributed by atoms with Crippen LogP contribution in [0.3, 0.4) is 0 Å². The number of fused-ring (bicyclic) bond motifs is 1. The Balaban J connectivity index is 1.36. The number of rotatable bonds is 7. The molecule has 1 aliphatic heterocycles. The van der Waals surface area contributed by atoms with Crippen molar-refractivity contribution in [2.24, 2.45) is 0 Å². The molecule has 1 amide bonds. The Morgan fingerprint density at radius 1 is 0.971 bits per heavy atom. The van der Waals surface area contributed by atoms with Crippen LogP contribution in [0, 0.1) is 20.8 Å². The molecule has 1 unspecified atom stereocenters. The van der Waals surface area contributed by atoms with Crippen LogP contribution >= 0.6 is 0 Å². The highest BCUT2D eigenvalue weighted by atomic mass is 16.5. The number of anilines is 1. The van der Waals surface area contributed by atoms with Crippen LogP contribution in [0.1, 0.15) is 41.3 Å². The molecule has 3 aromatic carbocycles. The standard InChI is InChI=1S/C29H31N3O2/c1-20-12-14-24(15-13-20)34-17-7-16-31-27-10-5-4-9-25(27)30-29(31)23-18-28(33)32(19-23)26-11-6-8-21(2)22(26)3/h4-6,8-15,23H,7,16-19H2,1-3H3. The minimum atomic E-state index is 0.0674. The van der Waals surface area contributed by atoms with Gasteiger partial charge in [-0.15, -0.1) is 0 Å². The molecule has 0 aliphatic carbocycles. The molecule has 1 aromatic heterocycles. The van der Waals surface area contributed by atoms with Gasteiger partial charge in [0.05, 0.1) is 17.6 Å². The van der Waals surface area contributed by atoms with Crippen LogP contribution in [0.5, 0.6) is 5.75 Å². The number of amides is 1. The second-order valence-corrected chi connectivity index (χ2v) is 9.25. The number of nitrogens with zero attached hydrogens (tertiary/aromatic N) is 3. The van der Waals surface area contributed by atoms with E-state index in [1.165, 1.54) is 16.7 Å². The lowest BCUT2D eigenvalue weighted by Gasteiger charge is -2.20. The number of hydrogen-bond donors (Lipinski definition) is 0. The maximum atomic E-state index is 13.1. The van der Waals surface area contributed by atoms with E-state index in [0.29, 0.717) is 19.6 Å². The second kappa shape index (κ2) is 9.34. The molecule has 0 saturated carbocycles. The van der Waals surface area contributed by atoms with Crippen molar-refractivity contribution < 1.29 is 9.53 Å². The molecule has 2 heterocycles. The van der Waals surface area contributed by atoms with Crippen molar-refractivity contribution in [2.45, 2.75) is 46.1 Å². The first-order chi connectivity index (χ1) is 16.5. The first-order valence-electron chi connectivity index (χ1n) is 12.0. The third-order valence-corrected chi connectivity index (χ3v) is 6.86. The van der Waals surface area contributed by atoms with Gasteiger partial charge in [0.2, 0.25) is 5.91 Å². The molecule has 174 valence electrons. The molecule has 0 spiro atoms. The van der Waals surface area contributed by atoms with Gasteiger partial charge >= 0.3 is 0 Å². The van der Waals surface area contributed by atoms with Gasteiger partial charge in [-0.05, 0) is 68.7 Å². The van der Waals surface area contributed by atoms with E-state index in [9.17, 15) is 4.79 Å². The highest BCUT2D eigenvalue weighted by molar-refractivity contribution is 5.97. The Hall–Kier alpha value is -3.60. The normalized spacial score (nSPS) is 15.9. The molecule has 1 fully saturated rings. The predicted molar refractivity (Wildman–Crippen MR) is 137 cm³/mol. The van der Waals surface area contributed by atoms with E-state index < -0.39 is 0 Å². The lowest BCUT2D eigenvalue weighted by molar-refractivity contribution is -0.117. The van der Waals surface area contributed by atoms with Gasteiger partial charge in [0.1, 0.15) is 11.6 Å². The highest BCUT2D eigenvalue weighted by Crippen LogP contribution is 2.35. The van der Waals surface area contributed by atoms with Gasteiger partial charge in [0.15, 0.2) is 0 Å². The average molecular weight is 454 g/mol. The van der Waals surface area contributed by atoms with Crippen molar-refractivity contribution in [3.8, 4) is 5.75 Å². The number of hydrogen-bond acceptors (Lipinski definition) is 3. The minimum absolute atomic E-state index is 0.0674. The molecule has 1 aliphatic rings. The number of benzene rings is 3. The summed E-state index contributed by atoms with van der Waals surface area (Å²) in [4.78, 5) is 20.0. The number of aromatic nitrogens is 2. The van der Waals surface area contributed by atoms with E-state index in [0.717, 1.165) is 41.3 Å².